The third-order valence-corrected chi connectivity index (χ3v) is 3.72. The first-order valence-corrected chi connectivity index (χ1v) is 7.06. The summed E-state index contributed by atoms with van der Waals surface area (Å²) < 4.78 is 0. The Morgan fingerprint density at radius 3 is 2.05 bits per heavy atom. The molecule has 0 saturated heterocycles. The van der Waals surface area contributed by atoms with Crippen LogP contribution in [-0.4, -0.2) is 5.11 Å². The van der Waals surface area contributed by atoms with Crippen LogP contribution in [0.5, 0.6) is 5.75 Å². The minimum atomic E-state index is 0.332. The molecule has 2 unspecified atom stereocenters. The molecule has 2 rings (SSSR count). The summed E-state index contributed by atoms with van der Waals surface area (Å²) in [4.78, 5) is 0. The van der Waals surface area contributed by atoms with Crippen LogP contribution in [0.3, 0.4) is 0 Å². The number of hydrogen-bond donors (Lipinski definition) is 1. The highest BCUT2D eigenvalue weighted by molar-refractivity contribution is 5.36. The van der Waals surface area contributed by atoms with E-state index in [1.54, 1.807) is 12.1 Å². The molecule has 0 aromatic heterocycles. The molecule has 0 aliphatic rings. The molecule has 19 heavy (non-hydrogen) atoms. The van der Waals surface area contributed by atoms with E-state index in [4.69, 9.17) is 0 Å². The number of rotatable bonds is 5. The highest BCUT2D eigenvalue weighted by atomic mass is 16.3. The maximum absolute atomic E-state index is 9.45. The summed E-state index contributed by atoms with van der Waals surface area (Å²) in [7, 11) is 0. The summed E-state index contributed by atoms with van der Waals surface area (Å²) in [6.45, 7) is 4.55. The molecule has 2 atom stereocenters. The second kappa shape index (κ2) is 6.42. The number of phenolic OH excluding ortho intramolecular Hbond substituents is 1. The first-order chi connectivity index (χ1) is 9.22. The molecule has 100 valence electrons. The molecule has 1 heteroatoms. The van der Waals surface area contributed by atoms with Crippen molar-refractivity contribution in [3.63, 3.8) is 0 Å². The van der Waals surface area contributed by atoms with Crippen LogP contribution in [0.25, 0.3) is 0 Å². The molecule has 0 aliphatic heterocycles. The standard InChI is InChI=1S/C18H22O/c1-3-7-14(2)18(15-8-5-4-6-9-15)16-10-12-17(19)13-11-16/h4-6,8-14,18-19H,3,7H2,1-2H3. The number of aromatic hydroxyl groups is 1. The molecule has 1 N–H and O–H groups in total. The monoisotopic (exact) mass is 254 g/mol. The molecule has 2 aromatic rings. The quantitative estimate of drug-likeness (QED) is 0.799. The van der Waals surface area contributed by atoms with Crippen LogP contribution in [-0.2, 0) is 0 Å². The molecular weight excluding hydrogens is 232 g/mol. The lowest BCUT2D eigenvalue weighted by molar-refractivity contribution is 0.463. The van der Waals surface area contributed by atoms with Gasteiger partial charge in [0.05, 0.1) is 0 Å². The van der Waals surface area contributed by atoms with Gasteiger partial charge in [-0.2, -0.15) is 0 Å². The Labute approximate surface area is 115 Å². The normalized spacial score (nSPS) is 14.0. The zero-order valence-electron chi connectivity index (χ0n) is 11.7. The van der Waals surface area contributed by atoms with Gasteiger partial charge in [-0.1, -0.05) is 69.2 Å². The van der Waals surface area contributed by atoms with Gasteiger partial charge >= 0.3 is 0 Å². The maximum Gasteiger partial charge on any atom is 0.115 e. The van der Waals surface area contributed by atoms with Gasteiger partial charge in [-0.25, -0.2) is 0 Å². The van der Waals surface area contributed by atoms with E-state index in [1.807, 2.05) is 12.1 Å². The molecule has 0 aliphatic carbocycles. The van der Waals surface area contributed by atoms with Gasteiger partial charge in [0.2, 0.25) is 0 Å². The largest absolute Gasteiger partial charge is 0.508 e. The van der Waals surface area contributed by atoms with E-state index >= 15 is 0 Å². The van der Waals surface area contributed by atoms with Gasteiger partial charge in [-0.05, 0) is 29.2 Å². The smallest absolute Gasteiger partial charge is 0.115 e. The first kappa shape index (κ1) is 13.7. The van der Waals surface area contributed by atoms with E-state index in [-0.39, 0.29) is 0 Å². The van der Waals surface area contributed by atoms with Crippen LogP contribution in [0.1, 0.15) is 43.7 Å². The third kappa shape index (κ3) is 3.37. The van der Waals surface area contributed by atoms with E-state index in [0.29, 0.717) is 17.6 Å². The van der Waals surface area contributed by atoms with Crippen molar-refractivity contribution in [2.24, 2.45) is 5.92 Å². The van der Waals surface area contributed by atoms with Crippen molar-refractivity contribution in [2.45, 2.75) is 32.6 Å². The molecule has 0 saturated carbocycles. The maximum atomic E-state index is 9.45. The highest BCUT2D eigenvalue weighted by Gasteiger charge is 2.20. The van der Waals surface area contributed by atoms with Gasteiger partial charge in [0.15, 0.2) is 0 Å². The van der Waals surface area contributed by atoms with Crippen LogP contribution in [0, 0.1) is 5.92 Å². The van der Waals surface area contributed by atoms with Crippen molar-refractivity contribution >= 4 is 0 Å². The molecule has 1 nitrogen and oxygen atoms in total. The Kier molecular flexibility index (Phi) is 4.62. The zero-order valence-corrected chi connectivity index (χ0v) is 11.7. The minimum absolute atomic E-state index is 0.332. The van der Waals surface area contributed by atoms with Gasteiger partial charge in [-0.15, -0.1) is 0 Å². The van der Waals surface area contributed by atoms with Crippen LogP contribution in [0.15, 0.2) is 54.6 Å². The summed E-state index contributed by atoms with van der Waals surface area (Å²) in [6.07, 6.45) is 2.41. The van der Waals surface area contributed by atoms with E-state index in [0.717, 1.165) is 0 Å². The van der Waals surface area contributed by atoms with E-state index in [2.05, 4.69) is 44.2 Å². The lowest BCUT2D eigenvalue weighted by Gasteiger charge is -2.25. The average molecular weight is 254 g/mol. The second-order valence-corrected chi connectivity index (χ2v) is 5.25. The lowest BCUT2D eigenvalue weighted by Crippen LogP contribution is -2.11. The predicted molar refractivity (Wildman–Crippen MR) is 80.5 cm³/mol. The molecular formula is C18H22O. The van der Waals surface area contributed by atoms with E-state index in [1.165, 1.54) is 24.0 Å². The molecule has 0 radical (unpaired) electrons. The van der Waals surface area contributed by atoms with Gasteiger partial charge in [0.25, 0.3) is 0 Å². The van der Waals surface area contributed by atoms with Crippen LogP contribution >= 0.6 is 0 Å². The van der Waals surface area contributed by atoms with Crippen LogP contribution in [0.2, 0.25) is 0 Å². The molecule has 2 aromatic carbocycles. The van der Waals surface area contributed by atoms with Crippen LogP contribution < -0.4 is 0 Å². The van der Waals surface area contributed by atoms with E-state index < -0.39 is 0 Å². The Hall–Kier alpha value is -1.76. The SMILES string of the molecule is CCCC(C)C(c1ccccc1)c1ccc(O)cc1. The van der Waals surface area contributed by atoms with Crippen molar-refractivity contribution in [3.8, 4) is 5.75 Å². The summed E-state index contributed by atoms with van der Waals surface area (Å²) in [5, 5.41) is 9.45. The zero-order chi connectivity index (χ0) is 13.7. The van der Waals surface area contributed by atoms with Gasteiger partial charge < -0.3 is 5.11 Å². The Morgan fingerprint density at radius 2 is 1.47 bits per heavy atom. The molecule has 0 bridgehead atoms. The number of benzene rings is 2. The Morgan fingerprint density at radius 1 is 0.895 bits per heavy atom. The fourth-order valence-electron chi connectivity index (χ4n) is 2.81. The summed E-state index contributed by atoms with van der Waals surface area (Å²) in [5.41, 5.74) is 2.64. The van der Waals surface area contributed by atoms with Crippen LogP contribution in [0.4, 0.5) is 0 Å². The van der Waals surface area contributed by atoms with Gasteiger partial charge in [-0.3, -0.25) is 0 Å². The highest BCUT2D eigenvalue weighted by Crippen LogP contribution is 2.34. The minimum Gasteiger partial charge on any atom is -0.508 e. The van der Waals surface area contributed by atoms with Crippen molar-refractivity contribution in [2.75, 3.05) is 0 Å². The summed E-state index contributed by atoms with van der Waals surface area (Å²) in [6, 6.07) is 18.3. The van der Waals surface area contributed by atoms with E-state index in [9.17, 15) is 5.11 Å². The molecule has 0 heterocycles. The molecule has 0 amide bonds. The molecule has 0 spiro atoms. The molecule has 0 fully saturated rings. The Bertz CT molecular complexity index is 487. The van der Waals surface area contributed by atoms with Crippen molar-refractivity contribution in [3.05, 3.63) is 65.7 Å². The average Bonchev–Trinajstić information content (AvgIpc) is 2.43. The summed E-state index contributed by atoms with van der Waals surface area (Å²) in [5.74, 6) is 1.33. The lowest BCUT2D eigenvalue weighted by atomic mass is 9.80. The summed E-state index contributed by atoms with van der Waals surface area (Å²) >= 11 is 0. The van der Waals surface area contributed by atoms with Crippen molar-refractivity contribution in [1.82, 2.24) is 0 Å². The van der Waals surface area contributed by atoms with Gasteiger partial charge in [0, 0.05) is 5.92 Å². The number of phenols is 1. The van der Waals surface area contributed by atoms with Crippen molar-refractivity contribution in [1.29, 1.82) is 0 Å². The predicted octanol–water partition coefficient (Wildman–Crippen LogP) is 4.96. The number of hydrogen-bond acceptors (Lipinski definition) is 1. The second-order valence-electron chi connectivity index (χ2n) is 5.25. The topological polar surface area (TPSA) is 20.2 Å². The fourth-order valence-corrected chi connectivity index (χ4v) is 2.81. The van der Waals surface area contributed by atoms with Gasteiger partial charge in [0.1, 0.15) is 5.75 Å². The first-order valence-electron chi connectivity index (χ1n) is 7.06. The third-order valence-electron chi connectivity index (χ3n) is 3.72. The fraction of sp³-hybridized carbons (Fsp3) is 0.333. The van der Waals surface area contributed by atoms with Crippen molar-refractivity contribution < 1.29 is 5.11 Å². The Balaban J connectivity index is 2.37.